The highest BCUT2D eigenvalue weighted by molar-refractivity contribution is 6.08. The van der Waals surface area contributed by atoms with E-state index >= 15 is 0 Å². The third kappa shape index (κ3) is 10.3. The first-order valence-corrected chi connectivity index (χ1v) is 13.0. The van der Waals surface area contributed by atoms with Gasteiger partial charge in [-0.2, -0.15) is 0 Å². The van der Waals surface area contributed by atoms with Crippen molar-refractivity contribution in [2.45, 2.75) is 67.1 Å². The fourth-order valence-corrected chi connectivity index (χ4v) is 3.83. The molecule has 38 heavy (non-hydrogen) atoms. The zero-order chi connectivity index (χ0) is 30.2. The van der Waals surface area contributed by atoms with Crippen LogP contribution in [0.5, 0.6) is 0 Å². The van der Waals surface area contributed by atoms with Gasteiger partial charge in [0, 0.05) is 51.1 Å². The second-order valence-electron chi connectivity index (χ2n) is 8.23. The van der Waals surface area contributed by atoms with Crippen LogP contribution in [0.25, 0.3) is 0 Å². The minimum Gasteiger partial charge on any atom is -0.394 e. The van der Waals surface area contributed by atoms with E-state index in [9.17, 15) is 24.6 Å². The first-order valence-electron chi connectivity index (χ1n) is 13.0. The van der Waals surface area contributed by atoms with E-state index in [-0.39, 0.29) is 36.5 Å². The molecule has 0 radical (unpaired) electrons. The van der Waals surface area contributed by atoms with Crippen molar-refractivity contribution >= 4 is 23.4 Å². The monoisotopic (exact) mass is 543 g/mol. The number of ether oxygens (including phenoxy) is 1. The van der Waals surface area contributed by atoms with E-state index in [0.717, 1.165) is 0 Å². The summed E-state index contributed by atoms with van der Waals surface area (Å²) in [4.78, 5) is 41.7. The van der Waals surface area contributed by atoms with Crippen LogP contribution in [-0.4, -0.2) is 114 Å². The molecule has 11 heteroatoms. The Hall–Kier alpha value is -2.57. The van der Waals surface area contributed by atoms with Crippen LogP contribution < -0.4 is 5.32 Å². The number of rotatable bonds is 12. The van der Waals surface area contributed by atoms with Gasteiger partial charge in [0.1, 0.15) is 6.61 Å². The predicted molar refractivity (Wildman–Crippen MR) is 149 cm³/mol. The molecule has 0 aliphatic rings. The SMILES string of the molecule is CC.CC.CCc1c(C(=O)N(C)CC(O)CO)c(C)c(NC(=O)COC)c(C)c1C(=O)N(C)CC(O)CO. The molecule has 1 aromatic rings. The number of likely N-dealkylation sites (N-methyl/N-ethyl adjacent to an activating group) is 2. The minimum atomic E-state index is -1.14. The van der Waals surface area contributed by atoms with Crippen molar-refractivity contribution in [2.24, 2.45) is 0 Å². The summed E-state index contributed by atoms with van der Waals surface area (Å²) in [5, 5.41) is 40.6. The number of amides is 3. The average molecular weight is 544 g/mol. The lowest BCUT2D eigenvalue weighted by Gasteiger charge is -2.28. The van der Waals surface area contributed by atoms with E-state index in [0.29, 0.717) is 23.1 Å². The van der Waals surface area contributed by atoms with E-state index < -0.39 is 43.1 Å². The molecule has 1 aromatic carbocycles. The zero-order valence-electron chi connectivity index (χ0n) is 24.7. The van der Waals surface area contributed by atoms with Crippen LogP contribution in [0.1, 0.15) is 72.0 Å². The molecule has 220 valence electrons. The van der Waals surface area contributed by atoms with Gasteiger partial charge in [-0.1, -0.05) is 34.6 Å². The van der Waals surface area contributed by atoms with Crippen molar-refractivity contribution in [2.75, 3.05) is 59.4 Å². The highest BCUT2D eigenvalue weighted by Crippen LogP contribution is 2.34. The van der Waals surface area contributed by atoms with Crippen LogP contribution in [0.3, 0.4) is 0 Å². The topological polar surface area (TPSA) is 160 Å². The third-order valence-corrected chi connectivity index (χ3v) is 5.51. The van der Waals surface area contributed by atoms with Gasteiger partial charge in [0.2, 0.25) is 5.91 Å². The summed E-state index contributed by atoms with van der Waals surface area (Å²) in [5.74, 6) is -1.45. The van der Waals surface area contributed by atoms with Gasteiger partial charge in [0.15, 0.2) is 0 Å². The predicted octanol–water partition coefficient (Wildman–Crippen LogP) is 1.35. The summed E-state index contributed by atoms with van der Waals surface area (Å²) in [6.45, 7) is 11.6. The normalized spacial score (nSPS) is 11.7. The molecule has 11 nitrogen and oxygen atoms in total. The number of aliphatic hydroxyl groups is 4. The number of hydrogen-bond donors (Lipinski definition) is 5. The Morgan fingerprint density at radius 3 is 1.50 bits per heavy atom. The van der Waals surface area contributed by atoms with Crippen LogP contribution in [0.2, 0.25) is 0 Å². The standard InChI is InChI=1S/C23H37N3O8.2C2H6/c1-7-17-19(22(32)25(4)8-15(29)10-27)13(2)21(24-18(31)12-34-6)14(3)20(17)23(33)26(5)9-16(30)11-28;2*1-2/h15-16,27-30H,7-12H2,1-6H3,(H,24,31);2*1-2H3. The van der Waals surface area contributed by atoms with E-state index in [4.69, 9.17) is 14.9 Å². The fraction of sp³-hybridized carbons (Fsp3) is 0.667. The van der Waals surface area contributed by atoms with Crippen molar-refractivity contribution < 1.29 is 39.5 Å². The second-order valence-corrected chi connectivity index (χ2v) is 8.23. The Morgan fingerprint density at radius 1 is 0.842 bits per heavy atom. The van der Waals surface area contributed by atoms with E-state index in [2.05, 4.69) is 5.32 Å². The molecule has 0 aliphatic heterocycles. The van der Waals surface area contributed by atoms with Crippen LogP contribution in [0.4, 0.5) is 5.69 Å². The molecule has 3 amide bonds. The van der Waals surface area contributed by atoms with Gasteiger partial charge in [-0.15, -0.1) is 0 Å². The lowest BCUT2D eigenvalue weighted by molar-refractivity contribution is -0.119. The third-order valence-electron chi connectivity index (χ3n) is 5.51. The van der Waals surface area contributed by atoms with Crippen molar-refractivity contribution in [1.29, 1.82) is 0 Å². The molecular weight excluding hydrogens is 494 g/mol. The molecule has 2 atom stereocenters. The number of nitrogens with one attached hydrogen (secondary N) is 1. The maximum atomic E-state index is 13.4. The van der Waals surface area contributed by atoms with E-state index in [1.54, 1.807) is 20.8 Å². The van der Waals surface area contributed by atoms with E-state index in [1.165, 1.54) is 31.0 Å². The van der Waals surface area contributed by atoms with Crippen LogP contribution in [0, 0.1) is 13.8 Å². The fourth-order valence-electron chi connectivity index (χ4n) is 3.83. The van der Waals surface area contributed by atoms with Crippen LogP contribution in [-0.2, 0) is 16.0 Å². The molecule has 0 spiro atoms. The highest BCUT2D eigenvalue weighted by atomic mass is 16.5. The number of aliphatic hydroxyl groups excluding tert-OH is 4. The maximum Gasteiger partial charge on any atom is 0.254 e. The molecule has 0 saturated carbocycles. The largest absolute Gasteiger partial charge is 0.394 e. The van der Waals surface area contributed by atoms with E-state index in [1.807, 2.05) is 27.7 Å². The lowest BCUT2D eigenvalue weighted by Crippen LogP contribution is -2.39. The summed E-state index contributed by atoms with van der Waals surface area (Å²) in [6.07, 6.45) is -1.97. The lowest BCUT2D eigenvalue weighted by atomic mass is 9.87. The summed E-state index contributed by atoms with van der Waals surface area (Å²) in [6, 6.07) is 0. The van der Waals surface area contributed by atoms with Crippen molar-refractivity contribution in [3.05, 3.63) is 27.8 Å². The first-order chi connectivity index (χ1) is 17.9. The number of benzene rings is 1. The van der Waals surface area contributed by atoms with Gasteiger partial charge in [0.25, 0.3) is 11.8 Å². The molecule has 2 unspecified atom stereocenters. The summed E-state index contributed by atoms with van der Waals surface area (Å²) >= 11 is 0. The Balaban J connectivity index is 0. The highest BCUT2D eigenvalue weighted by Gasteiger charge is 2.30. The molecule has 0 aliphatic carbocycles. The van der Waals surface area contributed by atoms with Gasteiger partial charge in [-0.25, -0.2) is 0 Å². The number of carbonyl (C=O) groups excluding carboxylic acids is 3. The zero-order valence-corrected chi connectivity index (χ0v) is 24.7. The molecule has 1 rings (SSSR count). The van der Waals surface area contributed by atoms with Crippen molar-refractivity contribution in [3.8, 4) is 0 Å². The first kappa shape index (κ1) is 37.6. The van der Waals surface area contributed by atoms with Crippen molar-refractivity contribution in [3.63, 3.8) is 0 Å². The number of methoxy groups -OCH3 is 1. The Labute approximate surface area is 227 Å². The van der Waals surface area contributed by atoms with Gasteiger partial charge in [-0.3, -0.25) is 14.4 Å². The van der Waals surface area contributed by atoms with Gasteiger partial charge < -0.3 is 40.3 Å². The molecule has 0 heterocycles. The minimum absolute atomic E-state index is 0.136. The number of hydrogen-bond acceptors (Lipinski definition) is 8. The molecule has 0 bridgehead atoms. The van der Waals surface area contributed by atoms with Crippen LogP contribution >= 0.6 is 0 Å². The summed E-state index contributed by atoms with van der Waals surface area (Å²) in [5.41, 5.74) is 2.04. The number of carbonyl (C=O) groups is 3. The maximum absolute atomic E-state index is 13.4. The second kappa shape index (κ2) is 19.5. The van der Waals surface area contributed by atoms with Gasteiger partial charge >= 0.3 is 0 Å². The molecule has 5 N–H and O–H groups in total. The number of nitrogens with zero attached hydrogens (tertiary/aromatic N) is 2. The molecule has 0 saturated heterocycles. The Kier molecular flexibility index (Phi) is 19.3. The quantitative estimate of drug-likeness (QED) is 0.264. The van der Waals surface area contributed by atoms with Gasteiger partial charge in [-0.05, 0) is 37.0 Å². The average Bonchev–Trinajstić information content (AvgIpc) is 2.91. The number of anilines is 1. The van der Waals surface area contributed by atoms with Gasteiger partial charge in [0.05, 0.1) is 25.4 Å². The Bertz CT molecular complexity index is 835. The smallest absolute Gasteiger partial charge is 0.254 e. The molecule has 0 fully saturated rings. The molecule has 0 aromatic heterocycles. The molecular formula is C27H49N3O8. The van der Waals surface area contributed by atoms with Crippen LogP contribution in [0.15, 0.2) is 0 Å². The van der Waals surface area contributed by atoms with Crippen molar-refractivity contribution in [1.82, 2.24) is 9.80 Å². The summed E-state index contributed by atoms with van der Waals surface area (Å²) in [7, 11) is 4.30. The Morgan fingerprint density at radius 2 is 1.21 bits per heavy atom. The summed E-state index contributed by atoms with van der Waals surface area (Å²) < 4.78 is 4.88.